The molecule has 98 valence electrons. The Morgan fingerprint density at radius 2 is 1.83 bits per heavy atom. The number of carbonyl (C=O) groups is 1. The van der Waals surface area contributed by atoms with Crippen LogP contribution in [0.1, 0.15) is 24.5 Å². The summed E-state index contributed by atoms with van der Waals surface area (Å²) in [5.41, 5.74) is -0.632. The number of hydrogen-bond acceptors (Lipinski definition) is 1. The number of carbonyl (C=O) groups excluding carboxylic acids is 1. The summed E-state index contributed by atoms with van der Waals surface area (Å²) in [6.45, 7) is 2.30. The second-order valence-corrected chi connectivity index (χ2v) is 4.54. The molecule has 2 N–H and O–H groups in total. The van der Waals surface area contributed by atoms with Gasteiger partial charge >= 0.3 is 12.2 Å². The fourth-order valence-electron chi connectivity index (χ4n) is 2.03. The van der Waals surface area contributed by atoms with Crippen LogP contribution in [-0.2, 0) is 11.7 Å². The Balaban J connectivity index is 2.26. The Morgan fingerprint density at radius 1 is 1.22 bits per heavy atom. The average Bonchev–Trinajstić information content (AvgIpc) is 2.28. The van der Waals surface area contributed by atoms with Crippen LogP contribution < -0.4 is 10.6 Å². The van der Waals surface area contributed by atoms with E-state index in [1.54, 1.807) is 6.92 Å². The van der Waals surface area contributed by atoms with Gasteiger partial charge in [-0.05, 0) is 31.0 Å². The maximum Gasteiger partial charge on any atom is 0.416 e. The molecule has 18 heavy (non-hydrogen) atoms. The van der Waals surface area contributed by atoms with Crippen molar-refractivity contribution in [1.82, 2.24) is 10.6 Å². The van der Waals surface area contributed by atoms with Crippen molar-refractivity contribution in [3.8, 4) is 0 Å². The predicted molar refractivity (Wildman–Crippen MR) is 59.9 cm³/mol. The van der Waals surface area contributed by atoms with E-state index in [9.17, 15) is 18.0 Å². The topological polar surface area (TPSA) is 41.1 Å². The lowest BCUT2D eigenvalue weighted by molar-refractivity contribution is -0.137. The zero-order valence-electron chi connectivity index (χ0n) is 9.77. The molecule has 1 heterocycles. The molecule has 1 aliphatic rings. The minimum atomic E-state index is -4.34. The number of amides is 2. The van der Waals surface area contributed by atoms with E-state index in [0.29, 0.717) is 18.5 Å². The quantitative estimate of drug-likeness (QED) is 0.798. The second-order valence-electron chi connectivity index (χ2n) is 4.54. The molecule has 6 heteroatoms. The minimum Gasteiger partial charge on any atom is -0.338 e. The van der Waals surface area contributed by atoms with Crippen LogP contribution in [0.25, 0.3) is 0 Å². The summed E-state index contributed by atoms with van der Waals surface area (Å²) in [4.78, 5) is 11.3. The average molecular weight is 258 g/mol. The highest BCUT2D eigenvalue weighted by Crippen LogP contribution is 2.32. The smallest absolute Gasteiger partial charge is 0.338 e. The highest BCUT2D eigenvalue weighted by atomic mass is 19.4. The van der Waals surface area contributed by atoms with Gasteiger partial charge in [-0.25, -0.2) is 4.79 Å². The van der Waals surface area contributed by atoms with Gasteiger partial charge in [-0.1, -0.05) is 12.1 Å². The van der Waals surface area contributed by atoms with Gasteiger partial charge in [0.1, 0.15) is 0 Å². The van der Waals surface area contributed by atoms with Crippen molar-refractivity contribution in [3.63, 3.8) is 0 Å². The lowest BCUT2D eigenvalue weighted by Crippen LogP contribution is -2.54. The first-order valence-electron chi connectivity index (χ1n) is 5.55. The molecule has 1 aliphatic heterocycles. The van der Waals surface area contributed by atoms with E-state index < -0.39 is 17.3 Å². The molecule has 1 fully saturated rings. The van der Waals surface area contributed by atoms with Crippen molar-refractivity contribution in [3.05, 3.63) is 35.4 Å². The van der Waals surface area contributed by atoms with Crippen molar-refractivity contribution >= 4 is 6.03 Å². The summed E-state index contributed by atoms with van der Waals surface area (Å²) in [5.74, 6) is 0. The van der Waals surface area contributed by atoms with E-state index >= 15 is 0 Å². The van der Waals surface area contributed by atoms with E-state index in [1.807, 2.05) is 0 Å². The number of hydrogen-bond donors (Lipinski definition) is 2. The molecular weight excluding hydrogens is 245 g/mol. The Hall–Kier alpha value is -1.72. The maximum absolute atomic E-state index is 12.4. The van der Waals surface area contributed by atoms with Crippen molar-refractivity contribution in [2.24, 2.45) is 0 Å². The van der Waals surface area contributed by atoms with Gasteiger partial charge in [-0.3, -0.25) is 0 Å². The first-order valence-corrected chi connectivity index (χ1v) is 5.55. The van der Waals surface area contributed by atoms with Crippen molar-refractivity contribution in [2.75, 3.05) is 6.54 Å². The number of alkyl halides is 3. The van der Waals surface area contributed by atoms with Crippen LogP contribution in [0.3, 0.4) is 0 Å². The lowest BCUT2D eigenvalue weighted by atomic mass is 9.87. The van der Waals surface area contributed by atoms with Crippen molar-refractivity contribution in [1.29, 1.82) is 0 Å². The third-order valence-corrected chi connectivity index (χ3v) is 3.15. The SMILES string of the molecule is CC1(c2ccc(C(F)(F)F)cc2)CCNC(=O)N1. The van der Waals surface area contributed by atoms with Crippen LogP contribution >= 0.6 is 0 Å². The fraction of sp³-hybridized carbons (Fsp3) is 0.417. The number of benzene rings is 1. The van der Waals surface area contributed by atoms with Crippen LogP contribution in [0.2, 0.25) is 0 Å². The molecule has 2 amide bonds. The molecule has 1 aromatic rings. The van der Waals surface area contributed by atoms with Gasteiger partial charge in [0.2, 0.25) is 0 Å². The standard InChI is InChI=1S/C12H13F3N2O/c1-11(6-7-16-10(18)17-11)8-2-4-9(5-3-8)12(13,14)15/h2-5H,6-7H2,1H3,(H2,16,17,18). The molecular formula is C12H13F3N2O. The predicted octanol–water partition coefficient (Wildman–Crippen LogP) is 2.62. The summed E-state index contributed by atoms with van der Waals surface area (Å²) in [7, 11) is 0. The third-order valence-electron chi connectivity index (χ3n) is 3.15. The highest BCUT2D eigenvalue weighted by molar-refractivity contribution is 5.76. The Bertz CT molecular complexity index is 455. The monoisotopic (exact) mass is 258 g/mol. The van der Waals surface area contributed by atoms with Gasteiger partial charge in [0.15, 0.2) is 0 Å². The van der Waals surface area contributed by atoms with Crippen LogP contribution in [0, 0.1) is 0 Å². The maximum atomic E-state index is 12.4. The molecule has 1 aromatic carbocycles. The summed E-state index contributed by atoms with van der Waals surface area (Å²) >= 11 is 0. The van der Waals surface area contributed by atoms with Gasteiger partial charge in [0, 0.05) is 6.54 Å². The Morgan fingerprint density at radius 3 is 2.33 bits per heavy atom. The van der Waals surface area contributed by atoms with Gasteiger partial charge in [0.05, 0.1) is 11.1 Å². The minimum absolute atomic E-state index is 0.302. The number of halogens is 3. The van der Waals surface area contributed by atoms with E-state index in [1.165, 1.54) is 12.1 Å². The highest BCUT2D eigenvalue weighted by Gasteiger charge is 2.34. The molecule has 1 atom stereocenters. The van der Waals surface area contributed by atoms with Gasteiger partial charge < -0.3 is 10.6 Å². The van der Waals surface area contributed by atoms with Crippen LogP contribution in [0.5, 0.6) is 0 Å². The zero-order chi connectivity index (χ0) is 13.4. The van der Waals surface area contributed by atoms with E-state index in [2.05, 4.69) is 10.6 Å². The van der Waals surface area contributed by atoms with E-state index in [-0.39, 0.29) is 6.03 Å². The largest absolute Gasteiger partial charge is 0.416 e. The summed E-state index contributed by atoms with van der Waals surface area (Å²) in [6.07, 6.45) is -3.71. The van der Waals surface area contributed by atoms with Gasteiger partial charge in [-0.2, -0.15) is 13.2 Å². The van der Waals surface area contributed by atoms with Crippen molar-refractivity contribution in [2.45, 2.75) is 25.1 Å². The fourth-order valence-corrected chi connectivity index (χ4v) is 2.03. The zero-order valence-corrected chi connectivity index (χ0v) is 9.77. The first-order chi connectivity index (χ1) is 8.31. The first kappa shape index (κ1) is 12.7. The van der Waals surface area contributed by atoms with Crippen LogP contribution in [0.15, 0.2) is 24.3 Å². The molecule has 0 aliphatic carbocycles. The molecule has 1 saturated heterocycles. The molecule has 0 saturated carbocycles. The molecule has 0 radical (unpaired) electrons. The van der Waals surface area contributed by atoms with Crippen LogP contribution in [0.4, 0.5) is 18.0 Å². The number of urea groups is 1. The Labute approximate surface area is 102 Å². The van der Waals surface area contributed by atoms with Gasteiger partial charge in [0.25, 0.3) is 0 Å². The molecule has 1 unspecified atom stereocenters. The normalized spacial score (nSPS) is 24.3. The van der Waals surface area contributed by atoms with Crippen molar-refractivity contribution < 1.29 is 18.0 Å². The lowest BCUT2D eigenvalue weighted by Gasteiger charge is -2.35. The summed E-state index contributed by atoms with van der Waals surface area (Å²) in [6, 6.07) is 4.59. The summed E-state index contributed by atoms with van der Waals surface area (Å²) in [5, 5.41) is 5.35. The number of rotatable bonds is 1. The molecule has 0 aromatic heterocycles. The molecule has 3 nitrogen and oxygen atoms in total. The number of nitrogens with one attached hydrogen (secondary N) is 2. The van der Waals surface area contributed by atoms with E-state index in [4.69, 9.17) is 0 Å². The molecule has 0 bridgehead atoms. The summed E-state index contributed by atoms with van der Waals surface area (Å²) < 4.78 is 37.3. The Kier molecular flexibility index (Phi) is 2.96. The third kappa shape index (κ3) is 2.42. The second kappa shape index (κ2) is 4.19. The van der Waals surface area contributed by atoms with Crippen LogP contribution in [-0.4, -0.2) is 12.6 Å². The van der Waals surface area contributed by atoms with E-state index in [0.717, 1.165) is 12.1 Å². The molecule has 2 rings (SSSR count). The van der Waals surface area contributed by atoms with Gasteiger partial charge in [-0.15, -0.1) is 0 Å². The molecule has 0 spiro atoms.